The molecule has 6 aromatic carbocycles. The molecule has 0 saturated heterocycles. The van der Waals surface area contributed by atoms with Gasteiger partial charge in [-0.2, -0.15) is 0 Å². The summed E-state index contributed by atoms with van der Waals surface area (Å²) < 4.78 is 25.5. The van der Waals surface area contributed by atoms with Crippen LogP contribution in [0.3, 0.4) is 0 Å². The minimum Gasteiger partial charge on any atom is -0.395 e. The standard InChI is InChI=1S/C36H27O4P.2ClH/c37-41(38,39-33-25-13-23-31(27-15-5-1-6-16-27)35(33)29-19-9-3-10-20-29)40-34-26-14-24-32(28-17-7-2-8-18-28)36(34)30-21-11-4-12-22-30;;/h1-26H,(H,37,38);2*1H. The smallest absolute Gasteiger partial charge is 0.395 e. The average Bonchev–Trinajstić information content (AvgIpc) is 3.02. The second-order valence-electron chi connectivity index (χ2n) is 9.47. The predicted molar refractivity (Wildman–Crippen MR) is 180 cm³/mol. The molecule has 0 fully saturated rings. The number of phosphoric ester groups is 1. The summed E-state index contributed by atoms with van der Waals surface area (Å²) in [4.78, 5) is 11.2. The van der Waals surface area contributed by atoms with E-state index in [1.807, 2.05) is 146 Å². The molecule has 0 saturated carbocycles. The fourth-order valence-corrected chi connectivity index (χ4v) is 5.84. The first-order chi connectivity index (χ1) is 20.1. The summed E-state index contributed by atoms with van der Waals surface area (Å²) in [5.74, 6) is 0.507. The van der Waals surface area contributed by atoms with Crippen LogP contribution in [0.4, 0.5) is 0 Å². The first kappa shape index (κ1) is 31.6. The van der Waals surface area contributed by atoms with Gasteiger partial charge in [0.15, 0.2) is 0 Å². The van der Waals surface area contributed by atoms with Gasteiger partial charge in [0.05, 0.1) is 0 Å². The molecule has 6 rings (SSSR count). The van der Waals surface area contributed by atoms with Crippen LogP contribution in [0.5, 0.6) is 11.5 Å². The Balaban J connectivity index is 0.00000212. The molecule has 1 N–H and O–H groups in total. The Hall–Kier alpha value is -4.31. The van der Waals surface area contributed by atoms with Crippen LogP contribution >= 0.6 is 32.6 Å². The molecular weight excluding hydrogens is 598 g/mol. The molecule has 0 amide bonds. The number of rotatable bonds is 8. The molecule has 4 nitrogen and oxygen atoms in total. The molecule has 0 aliphatic heterocycles. The Bertz CT molecular complexity index is 1680. The van der Waals surface area contributed by atoms with Crippen molar-refractivity contribution in [2.75, 3.05) is 0 Å². The molecule has 0 unspecified atom stereocenters. The van der Waals surface area contributed by atoms with Crippen LogP contribution < -0.4 is 9.05 Å². The van der Waals surface area contributed by atoms with Crippen molar-refractivity contribution in [3.8, 4) is 56.0 Å². The van der Waals surface area contributed by atoms with Crippen molar-refractivity contribution in [2.45, 2.75) is 0 Å². The van der Waals surface area contributed by atoms with Gasteiger partial charge in [-0.1, -0.05) is 146 Å². The van der Waals surface area contributed by atoms with Gasteiger partial charge in [-0.3, -0.25) is 4.89 Å². The fraction of sp³-hybridized carbons (Fsp3) is 0. The van der Waals surface area contributed by atoms with E-state index in [9.17, 15) is 9.46 Å². The molecule has 0 atom stereocenters. The lowest BCUT2D eigenvalue weighted by Gasteiger charge is -2.21. The highest BCUT2D eigenvalue weighted by molar-refractivity contribution is 7.48. The van der Waals surface area contributed by atoms with Crippen LogP contribution in [0.1, 0.15) is 0 Å². The lowest BCUT2D eigenvalue weighted by molar-refractivity contribution is 0.292. The third kappa shape index (κ3) is 7.19. The first-order valence-corrected chi connectivity index (χ1v) is 14.8. The monoisotopic (exact) mass is 626 g/mol. The minimum atomic E-state index is -4.65. The molecule has 0 radical (unpaired) electrons. The molecule has 0 heterocycles. The zero-order chi connectivity index (χ0) is 28.1. The van der Waals surface area contributed by atoms with Crippen molar-refractivity contribution >= 4 is 32.6 Å². The Kier molecular flexibility index (Phi) is 10.5. The van der Waals surface area contributed by atoms with Gasteiger partial charge in [-0.25, -0.2) is 4.57 Å². The quantitative estimate of drug-likeness (QED) is 0.171. The van der Waals surface area contributed by atoms with E-state index in [0.29, 0.717) is 11.1 Å². The van der Waals surface area contributed by atoms with E-state index in [0.717, 1.165) is 33.4 Å². The van der Waals surface area contributed by atoms with E-state index in [4.69, 9.17) is 9.05 Å². The van der Waals surface area contributed by atoms with Crippen molar-refractivity contribution in [1.82, 2.24) is 0 Å². The van der Waals surface area contributed by atoms with Crippen molar-refractivity contribution < 1.29 is 18.5 Å². The van der Waals surface area contributed by atoms with Crippen LogP contribution in [0, 0.1) is 0 Å². The van der Waals surface area contributed by atoms with Gasteiger partial charge in [-0.05, 0) is 45.5 Å². The second-order valence-corrected chi connectivity index (χ2v) is 10.8. The summed E-state index contributed by atoms with van der Waals surface area (Å²) in [5.41, 5.74) is 6.82. The van der Waals surface area contributed by atoms with Crippen molar-refractivity contribution in [3.63, 3.8) is 0 Å². The summed E-state index contributed by atoms with van der Waals surface area (Å²) >= 11 is 0. The van der Waals surface area contributed by atoms with E-state index in [2.05, 4.69) is 0 Å². The molecule has 7 heteroatoms. The highest BCUT2D eigenvalue weighted by atomic mass is 35.5. The maximum absolute atomic E-state index is 13.7. The third-order valence-corrected chi connectivity index (χ3v) is 7.63. The topological polar surface area (TPSA) is 55.8 Å². The summed E-state index contributed by atoms with van der Waals surface area (Å²) in [6.07, 6.45) is 0. The highest BCUT2D eigenvalue weighted by Crippen LogP contribution is 2.52. The van der Waals surface area contributed by atoms with Crippen molar-refractivity contribution in [1.29, 1.82) is 0 Å². The number of halogens is 2. The van der Waals surface area contributed by atoms with Gasteiger partial charge < -0.3 is 9.05 Å². The number of phosphoric acid groups is 1. The Morgan fingerprint density at radius 2 is 0.698 bits per heavy atom. The number of benzene rings is 6. The minimum absolute atomic E-state index is 0. The molecule has 216 valence electrons. The van der Waals surface area contributed by atoms with E-state index in [1.54, 1.807) is 12.1 Å². The summed E-state index contributed by atoms with van der Waals surface area (Å²) in [7, 11) is -4.65. The van der Waals surface area contributed by atoms with Gasteiger partial charge >= 0.3 is 7.82 Å². The SMILES string of the molecule is Cl.Cl.O=P(O)(Oc1cccc(-c2ccccc2)c1-c1ccccc1)Oc1cccc(-c2ccccc2)c1-c1ccccc1. The molecule has 0 spiro atoms. The van der Waals surface area contributed by atoms with Gasteiger partial charge in [0, 0.05) is 11.1 Å². The maximum atomic E-state index is 13.7. The highest BCUT2D eigenvalue weighted by Gasteiger charge is 2.30. The second kappa shape index (κ2) is 14.2. The summed E-state index contributed by atoms with van der Waals surface area (Å²) in [6.45, 7) is 0. The average molecular weight is 628 g/mol. The molecule has 6 aromatic rings. The normalized spacial score (nSPS) is 10.6. The largest absolute Gasteiger partial charge is 0.584 e. The van der Waals surface area contributed by atoms with E-state index < -0.39 is 7.82 Å². The number of hydrogen-bond acceptors (Lipinski definition) is 3. The molecule has 0 aliphatic carbocycles. The summed E-state index contributed by atoms with van der Waals surface area (Å²) in [6, 6.07) is 50.1. The molecular formula is C36H29Cl2O4P. The number of hydrogen-bond donors (Lipinski definition) is 1. The fourth-order valence-electron chi connectivity index (χ4n) is 5.00. The molecule has 0 bridgehead atoms. The van der Waals surface area contributed by atoms with Crippen molar-refractivity contribution in [3.05, 3.63) is 158 Å². The predicted octanol–water partition coefficient (Wildman–Crippen LogP) is 10.8. The van der Waals surface area contributed by atoms with Crippen LogP contribution in [-0.2, 0) is 4.57 Å². The zero-order valence-electron chi connectivity index (χ0n) is 22.9. The zero-order valence-corrected chi connectivity index (χ0v) is 25.5. The third-order valence-electron chi connectivity index (χ3n) is 6.77. The van der Waals surface area contributed by atoms with Crippen LogP contribution in [0.25, 0.3) is 44.5 Å². The lowest BCUT2D eigenvalue weighted by atomic mass is 9.94. The van der Waals surface area contributed by atoms with E-state index in [-0.39, 0.29) is 36.3 Å². The molecule has 0 aliphatic rings. The van der Waals surface area contributed by atoms with Crippen molar-refractivity contribution in [2.24, 2.45) is 0 Å². The Morgan fingerprint density at radius 1 is 0.395 bits per heavy atom. The summed E-state index contributed by atoms with van der Waals surface area (Å²) in [5, 5.41) is 0. The van der Waals surface area contributed by atoms with E-state index in [1.165, 1.54) is 0 Å². The maximum Gasteiger partial charge on any atom is 0.584 e. The lowest BCUT2D eigenvalue weighted by Crippen LogP contribution is -2.03. The van der Waals surface area contributed by atoms with Gasteiger partial charge in [0.25, 0.3) is 0 Å². The Morgan fingerprint density at radius 3 is 1.02 bits per heavy atom. The molecule has 0 aromatic heterocycles. The molecule has 43 heavy (non-hydrogen) atoms. The van der Waals surface area contributed by atoms with Crippen LogP contribution in [-0.4, -0.2) is 4.89 Å². The van der Waals surface area contributed by atoms with E-state index >= 15 is 0 Å². The van der Waals surface area contributed by atoms with Crippen LogP contribution in [0.15, 0.2) is 158 Å². The van der Waals surface area contributed by atoms with Crippen LogP contribution in [0.2, 0.25) is 0 Å². The van der Waals surface area contributed by atoms with Gasteiger partial charge in [0.1, 0.15) is 11.5 Å². The Labute approximate surface area is 264 Å². The first-order valence-electron chi connectivity index (χ1n) is 13.3. The van der Waals surface area contributed by atoms with Gasteiger partial charge in [-0.15, -0.1) is 24.8 Å². The van der Waals surface area contributed by atoms with Gasteiger partial charge in [0.2, 0.25) is 0 Å².